The number of hydrogen-bond donors (Lipinski definition) is 3. The number of carboxylic acid groups (broad SMARTS) is 1. The van der Waals surface area contributed by atoms with Gasteiger partial charge in [-0.3, -0.25) is 0 Å². The zero-order valence-corrected chi connectivity index (χ0v) is 13.2. The summed E-state index contributed by atoms with van der Waals surface area (Å²) in [6.45, 7) is 0. The van der Waals surface area contributed by atoms with E-state index in [1.165, 1.54) is 30.5 Å². The van der Waals surface area contributed by atoms with E-state index in [9.17, 15) is 14.3 Å². The van der Waals surface area contributed by atoms with Gasteiger partial charge in [-0.15, -0.1) is 0 Å². The molecule has 126 valence electrons. The summed E-state index contributed by atoms with van der Waals surface area (Å²) in [5, 5.41) is 21.4. The van der Waals surface area contributed by atoms with Gasteiger partial charge in [-0.1, -0.05) is 6.07 Å². The van der Waals surface area contributed by atoms with Gasteiger partial charge in [0, 0.05) is 29.1 Å². The van der Waals surface area contributed by atoms with Crippen molar-refractivity contribution in [3.8, 4) is 0 Å². The number of aliphatic hydroxyl groups is 1. The molecule has 3 aromatic rings. The Balaban J connectivity index is 1.76. The van der Waals surface area contributed by atoms with E-state index in [1.807, 2.05) is 18.2 Å². The highest BCUT2D eigenvalue weighted by Gasteiger charge is 2.26. The Labute approximate surface area is 142 Å². The van der Waals surface area contributed by atoms with Gasteiger partial charge in [-0.25, -0.2) is 14.2 Å². The fourth-order valence-corrected chi connectivity index (χ4v) is 3.20. The van der Waals surface area contributed by atoms with E-state index in [0.29, 0.717) is 6.42 Å². The van der Waals surface area contributed by atoms with E-state index in [4.69, 9.17) is 5.11 Å². The van der Waals surface area contributed by atoms with Gasteiger partial charge >= 0.3 is 5.97 Å². The molecule has 6 heteroatoms. The molecule has 3 N–H and O–H groups in total. The summed E-state index contributed by atoms with van der Waals surface area (Å²) < 4.78 is 13.1. The second kappa shape index (κ2) is 5.53. The molecule has 2 heterocycles. The number of benzene rings is 1. The van der Waals surface area contributed by atoms with Crippen molar-refractivity contribution in [2.45, 2.75) is 18.4 Å². The zero-order valence-electron chi connectivity index (χ0n) is 13.2. The van der Waals surface area contributed by atoms with Crippen LogP contribution in [-0.2, 0) is 6.42 Å². The second-order valence-electron chi connectivity index (χ2n) is 6.33. The topological polar surface area (TPSA) is 86.2 Å². The van der Waals surface area contributed by atoms with Crippen molar-refractivity contribution in [3.05, 3.63) is 65.8 Å². The molecule has 0 spiro atoms. The Morgan fingerprint density at radius 3 is 2.80 bits per heavy atom. The van der Waals surface area contributed by atoms with Crippen LogP contribution in [0.2, 0.25) is 0 Å². The van der Waals surface area contributed by atoms with Gasteiger partial charge in [0.25, 0.3) is 0 Å². The number of hydrogen-bond acceptors (Lipinski definition) is 3. The summed E-state index contributed by atoms with van der Waals surface area (Å²) >= 11 is 0. The lowest BCUT2D eigenvalue weighted by Crippen LogP contribution is -2.29. The van der Waals surface area contributed by atoms with Gasteiger partial charge in [0.2, 0.25) is 0 Å². The number of allylic oxidation sites excluding steroid dienone is 2. The van der Waals surface area contributed by atoms with Crippen molar-refractivity contribution in [2.75, 3.05) is 0 Å². The monoisotopic (exact) mass is 338 g/mol. The van der Waals surface area contributed by atoms with Gasteiger partial charge in [0.15, 0.2) is 0 Å². The number of pyridine rings is 1. The van der Waals surface area contributed by atoms with Crippen molar-refractivity contribution < 1.29 is 19.4 Å². The Hall–Kier alpha value is -2.99. The van der Waals surface area contributed by atoms with Crippen LogP contribution in [0.25, 0.3) is 21.8 Å². The molecule has 0 radical (unpaired) electrons. The fourth-order valence-electron chi connectivity index (χ4n) is 3.20. The highest BCUT2D eigenvalue weighted by molar-refractivity contribution is 6.08. The van der Waals surface area contributed by atoms with Crippen LogP contribution < -0.4 is 0 Å². The number of halogens is 1. The predicted octanol–water partition coefficient (Wildman–Crippen LogP) is 3.50. The quantitative estimate of drug-likeness (QED) is 0.682. The smallest absolute Gasteiger partial charge is 0.354 e. The largest absolute Gasteiger partial charge is 0.477 e. The van der Waals surface area contributed by atoms with Crippen LogP contribution in [0.5, 0.6) is 0 Å². The first-order valence-corrected chi connectivity index (χ1v) is 7.84. The number of nitrogens with zero attached hydrogens (tertiary/aromatic N) is 1. The minimum Gasteiger partial charge on any atom is -0.477 e. The Morgan fingerprint density at radius 1 is 1.28 bits per heavy atom. The lowest BCUT2D eigenvalue weighted by molar-refractivity contribution is 0.0690. The average Bonchev–Trinajstić information content (AvgIpc) is 2.95. The van der Waals surface area contributed by atoms with Crippen molar-refractivity contribution in [1.29, 1.82) is 0 Å². The van der Waals surface area contributed by atoms with Gasteiger partial charge in [0.05, 0.1) is 17.3 Å². The molecule has 2 aromatic heterocycles. The summed E-state index contributed by atoms with van der Waals surface area (Å²) in [5.74, 6) is -1.42. The van der Waals surface area contributed by atoms with Crippen molar-refractivity contribution in [2.24, 2.45) is 0 Å². The molecule has 0 aliphatic heterocycles. The first-order chi connectivity index (χ1) is 11.9. The second-order valence-corrected chi connectivity index (χ2v) is 6.33. The lowest BCUT2D eigenvalue weighted by atomic mass is 9.88. The first-order valence-electron chi connectivity index (χ1n) is 7.84. The van der Waals surface area contributed by atoms with Gasteiger partial charge in [-0.05, 0) is 42.0 Å². The molecular formula is C19H15FN2O3. The molecule has 5 nitrogen and oxygen atoms in total. The molecule has 0 fully saturated rings. The molecule has 4 rings (SSSR count). The average molecular weight is 338 g/mol. The molecule has 0 amide bonds. The summed E-state index contributed by atoms with van der Waals surface area (Å²) in [4.78, 5) is 18.3. The third-order valence-electron chi connectivity index (χ3n) is 4.48. The number of rotatable bonds is 3. The zero-order chi connectivity index (χ0) is 17.6. The summed E-state index contributed by atoms with van der Waals surface area (Å²) in [6.07, 6.45) is 6.19. The minimum atomic E-state index is -1.12. The molecule has 1 aliphatic carbocycles. The molecule has 1 aliphatic rings. The fraction of sp³-hybridized carbons (Fsp3) is 0.158. The summed E-state index contributed by atoms with van der Waals surface area (Å²) in [5.41, 5.74) is 1.35. The number of aromatic amines is 1. The molecule has 0 saturated heterocycles. The third-order valence-corrected chi connectivity index (χ3v) is 4.48. The maximum Gasteiger partial charge on any atom is 0.354 e. The number of fused-ring (bicyclic) bond motifs is 3. The minimum absolute atomic E-state index is 0.0201. The number of aromatic nitrogens is 2. The highest BCUT2D eigenvalue weighted by atomic mass is 19.1. The number of H-pyrrole nitrogens is 1. The number of nitrogens with one attached hydrogen (secondary N) is 1. The van der Waals surface area contributed by atoms with Crippen molar-refractivity contribution in [3.63, 3.8) is 0 Å². The standard InChI is InChI=1S/C19H15FN2O3/c20-12-3-5-19(25,6-4-12)9-11-1-2-15-13(7-11)14-8-16(18(23)24)21-10-17(14)22-15/h1-5,7-8,10,22,25H,6,9H2,(H,23,24). The molecular weight excluding hydrogens is 323 g/mol. The molecule has 0 bridgehead atoms. The van der Waals surface area contributed by atoms with Crippen molar-refractivity contribution in [1.82, 2.24) is 9.97 Å². The van der Waals surface area contributed by atoms with E-state index in [0.717, 1.165) is 27.4 Å². The molecule has 0 saturated carbocycles. The normalized spacial score (nSPS) is 20.2. The molecule has 1 unspecified atom stereocenters. The van der Waals surface area contributed by atoms with Crippen LogP contribution in [0.3, 0.4) is 0 Å². The lowest BCUT2D eigenvalue weighted by Gasteiger charge is -2.25. The number of carbonyl (C=O) groups is 1. The Morgan fingerprint density at radius 2 is 2.08 bits per heavy atom. The van der Waals surface area contributed by atoms with Gasteiger partial charge in [0.1, 0.15) is 11.5 Å². The van der Waals surface area contributed by atoms with Crippen LogP contribution in [-0.4, -0.2) is 31.8 Å². The maximum atomic E-state index is 13.1. The molecule has 1 atom stereocenters. The van der Waals surface area contributed by atoms with Crippen LogP contribution in [0.1, 0.15) is 22.5 Å². The predicted molar refractivity (Wildman–Crippen MR) is 92.2 cm³/mol. The van der Waals surface area contributed by atoms with Crippen molar-refractivity contribution >= 4 is 27.8 Å². The summed E-state index contributed by atoms with van der Waals surface area (Å²) in [7, 11) is 0. The number of aromatic carboxylic acids is 1. The molecule has 1 aromatic carbocycles. The van der Waals surface area contributed by atoms with Crippen LogP contribution >= 0.6 is 0 Å². The Kier molecular flexibility index (Phi) is 3.43. The van der Waals surface area contributed by atoms with Gasteiger partial charge in [-0.2, -0.15) is 0 Å². The first kappa shape index (κ1) is 15.5. The maximum absolute atomic E-state index is 13.1. The summed E-state index contributed by atoms with van der Waals surface area (Å²) in [6, 6.07) is 7.23. The van der Waals surface area contributed by atoms with Crippen LogP contribution in [0.4, 0.5) is 4.39 Å². The third kappa shape index (κ3) is 2.81. The SMILES string of the molecule is O=C(O)c1cc2c(cn1)[nH]c1ccc(CC3(O)C=CC(F)=CC3)cc12. The Bertz CT molecular complexity index is 1070. The van der Waals surface area contributed by atoms with E-state index in [1.54, 1.807) is 0 Å². The van der Waals surface area contributed by atoms with E-state index in [2.05, 4.69) is 9.97 Å². The van der Waals surface area contributed by atoms with E-state index in [-0.39, 0.29) is 17.9 Å². The van der Waals surface area contributed by atoms with Gasteiger partial charge < -0.3 is 15.2 Å². The van der Waals surface area contributed by atoms with E-state index >= 15 is 0 Å². The highest BCUT2D eigenvalue weighted by Crippen LogP contribution is 2.30. The van der Waals surface area contributed by atoms with Crippen LogP contribution in [0, 0.1) is 0 Å². The molecule has 25 heavy (non-hydrogen) atoms. The van der Waals surface area contributed by atoms with E-state index < -0.39 is 11.6 Å². The number of carboxylic acids is 1. The van der Waals surface area contributed by atoms with Crippen LogP contribution in [0.15, 0.2) is 54.5 Å².